The highest BCUT2D eigenvalue weighted by Gasteiger charge is 2.44. The van der Waals surface area contributed by atoms with E-state index < -0.39 is 35.8 Å². The number of carbonyl (C=O) groups excluding carboxylic acids is 2. The molecule has 1 aromatic heterocycles. The van der Waals surface area contributed by atoms with Crippen LogP contribution in [0.1, 0.15) is 47.3 Å². The molecule has 0 fully saturated rings. The van der Waals surface area contributed by atoms with Crippen molar-refractivity contribution in [3.05, 3.63) is 77.4 Å². The number of aromatic nitrogens is 2. The number of alkyl halides is 3. The molecule has 1 aliphatic rings. The van der Waals surface area contributed by atoms with E-state index in [0.29, 0.717) is 23.2 Å². The number of aryl methyl sites for hydroxylation is 1. The van der Waals surface area contributed by atoms with E-state index in [4.69, 9.17) is 0 Å². The summed E-state index contributed by atoms with van der Waals surface area (Å²) in [5.74, 6) is -3.94. The van der Waals surface area contributed by atoms with E-state index >= 15 is 0 Å². The topological polar surface area (TPSA) is 76.5 Å². The first-order valence-corrected chi connectivity index (χ1v) is 11.2. The summed E-state index contributed by atoms with van der Waals surface area (Å²) in [6, 6.07) is 8.68. The molecule has 3 aromatic rings. The van der Waals surface area contributed by atoms with Crippen molar-refractivity contribution in [2.45, 2.75) is 32.2 Å². The van der Waals surface area contributed by atoms with Crippen molar-refractivity contribution in [3.8, 4) is 5.75 Å². The Morgan fingerprint density at radius 3 is 2.56 bits per heavy atom. The number of anilines is 1. The molecule has 0 aliphatic carbocycles. The van der Waals surface area contributed by atoms with Crippen molar-refractivity contribution >= 4 is 17.5 Å². The average Bonchev–Trinajstić information content (AvgIpc) is 3.22. The Kier molecular flexibility index (Phi) is 6.75. The number of fused-ring (bicyclic) bond motifs is 1. The Balaban J connectivity index is 1.78. The number of amides is 2. The number of benzene rings is 2. The molecule has 0 bridgehead atoms. The molecule has 2 atom stereocenters. The van der Waals surface area contributed by atoms with Crippen molar-refractivity contribution in [2.75, 3.05) is 11.9 Å². The van der Waals surface area contributed by atoms with Crippen LogP contribution >= 0.6 is 0 Å². The fourth-order valence-corrected chi connectivity index (χ4v) is 4.44. The summed E-state index contributed by atoms with van der Waals surface area (Å²) >= 11 is 0. The molecule has 36 heavy (non-hydrogen) atoms. The molecule has 4 rings (SSSR count). The quantitative estimate of drug-likeness (QED) is 0.478. The zero-order chi connectivity index (χ0) is 26.2. The largest absolute Gasteiger partial charge is 0.573 e. The minimum absolute atomic E-state index is 0.0845. The van der Waals surface area contributed by atoms with Crippen LogP contribution < -0.4 is 10.1 Å². The van der Waals surface area contributed by atoms with E-state index in [1.807, 2.05) is 13.8 Å². The highest BCUT2D eigenvalue weighted by Crippen LogP contribution is 2.43. The summed E-state index contributed by atoms with van der Waals surface area (Å²) in [5.41, 5.74) is 1.37. The van der Waals surface area contributed by atoms with Crippen molar-refractivity contribution in [3.63, 3.8) is 0 Å². The van der Waals surface area contributed by atoms with Gasteiger partial charge in [0.25, 0.3) is 5.91 Å². The summed E-state index contributed by atoms with van der Waals surface area (Å²) in [6.07, 6.45) is -1.81. The predicted octanol–water partition coefficient (Wildman–Crippen LogP) is 5.03. The third kappa shape index (κ3) is 5.19. The highest BCUT2D eigenvalue weighted by atomic mass is 19.4. The summed E-state index contributed by atoms with van der Waals surface area (Å²) in [5, 5.41) is 6.78. The molecule has 7 nitrogen and oxygen atoms in total. The van der Waals surface area contributed by atoms with Gasteiger partial charge in [0.15, 0.2) is 11.6 Å². The summed E-state index contributed by atoms with van der Waals surface area (Å²) in [4.78, 5) is 28.8. The van der Waals surface area contributed by atoms with Crippen LogP contribution in [0.5, 0.6) is 5.75 Å². The van der Waals surface area contributed by atoms with Gasteiger partial charge in [-0.1, -0.05) is 32.0 Å². The average molecular weight is 504 g/mol. The van der Waals surface area contributed by atoms with Crippen LogP contribution in [0.4, 0.5) is 23.2 Å². The van der Waals surface area contributed by atoms with Crippen LogP contribution in [-0.2, 0) is 11.8 Å². The molecule has 1 N–H and O–H groups in total. The zero-order valence-electron chi connectivity index (χ0n) is 19.7. The maximum absolute atomic E-state index is 13.9. The smallest absolute Gasteiger partial charge is 0.403 e. The van der Waals surface area contributed by atoms with Gasteiger partial charge in [-0.15, -0.1) is 13.2 Å². The number of hydrogen-bond acceptors (Lipinski definition) is 4. The number of hydrogen-bond donors (Lipinski definition) is 1. The lowest BCUT2D eigenvalue weighted by molar-refractivity contribution is -0.275. The first-order valence-electron chi connectivity index (χ1n) is 11.2. The third-order valence-corrected chi connectivity index (χ3v) is 5.77. The van der Waals surface area contributed by atoms with Gasteiger partial charge >= 0.3 is 6.36 Å². The molecule has 0 saturated heterocycles. The summed E-state index contributed by atoms with van der Waals surface area (Å²) in [6.45, 7) is 4.25. The van der Waals surface area contributed by atoms with Gasteiger partial charge in [0.05, 0.1) is 18.2 Å². The monoisotopic (exact) mass is 504 g/mol. The van der Waals surface area contributed by atoms with Crippen LogP contribution in [-0.4, -0.2) is 39.4 Å². The lowest BCUT2D eigenvalue weighted by Crippen LogP contribution is -2.47. The number of carbonyl (C=O) groups is 2. The Labute approximate surface area is 204 Å². The molecule has 2 heterocycles. The minimum Gasteiger partial charge on any atom is -0.403 e. The van der Waals surface area contributed by atoms with E-state index in [1.165, 1.54) is 0 Å². The number of ether oxygens (including phenoxy) is 1. The molecule has 2 amide bonds. The Bertz CT molecular complexity index is 1290. The maximum Gasteiger partial charge on any atom is 0.573 e. The lowest BCUT2D eigenvalue weighted by Gasteiger charge is -2.42. The van der Waals surface area contributed by atoms with Crippen LogP contribution in [0.2, 0.25) is 0 Å². The highest BCUT2D eigenvalue weighted by molar-refractivity contribution is 6.04. The second kappa shape index (κ2) is 9.63. The number of nitrogens with zero attached hydrogens (tertiary/aromatic N) is 3. The van der Waals surface area contributed by atoms with Crippen LogP contribution in [0.3, 0.4) is 0 Å². The van der Waals surface area contributed by atoms with Gasteiger partial charge in [-0.05, 0) is 29.7 Å². The van der Waals surface area contributed by atoms with Gasteiger partial charge in [-0.2, -0.15) is 5.10 Å². The van der Waals surface area contributed by atoms with Crippen LogP contribution in [0.15, 0.2) is 54.9 Å². The molecule has 2 aromatic carbocycles. The van der Waals surface area contributed by atoms with E-state index in [2.05, 4.69) is 15.2 Å². The van der Waals surface area contributed by atoms with Crippen molar-refractivity contribution < 1.29 is 31.9 Å². The maximum atomic E-state index is 13.9. The molecule has 0 saturated carbocycles. The van der Waals surface area contributed by atoms with Gasteiger partial charge in [0, 0.05) is 42.7 Å². The molecular formula is C25H24F4N4O3. The second-order valence-electron chi connectivity index (χ2n) is 8.99. The number of nitrogens with one attached hydrogen (secondary N) is 1. The van der Waals surface area contributed by atoms with Gasteiger partial charge in [-0.3, -0.25) is 14.3 Å². The van der Waals surface area contributed by atoms with Gasteiger partial charge in [0.2, 0.25) is 5.91 Å². The van der Waals surface area contributed by atoms with E-state index in [-0.39, 0.29) is 17.5 Å². The SMILES string of the molecule is CC(C)CN1C(=O)c2ccccc2C(C(=O)Nc2ccc(F)c(OC(F)(F)F)c2)C1c1cnn(C)c1. The predicted molar refractivity (Wildman–Crippen MR) is 123 cm³/mol. The normalized spacial score (nSPS) is 17.8. The summed E-state index contributed by atoms with van der Waals surface area (Å²) < 4.78 is 57.2. The Morgan fingerprint density at radius 1 is 1.19 bits per heavy atom. The zero-order valence-corrected chi connectivity index (χ0v) is 19.7. The third-order valence-electron chi connectivity index (χ3n) is 5.77. The number of halogens is 4. The van der Waals surface area contributed by atoms with Gasteiger partial charge in [-0.25, -0.2) is 4.39 Å². The first-order chi connectivity index (χ1) is 16.9. The molecular weight excluding hydrogens is 480 g/mol. The van der Waals surface area contributed by atoms with E-state index in [1.54, 1.807) is 53.3 Å². The van der Waals surface area contributed by atoms with E-state index in [0.717, 1.165) is 18.2 Å². The lowest BCUT2D eigenvalue weighted by atomic mass is 9.79. The molecule has 11 heteroatoms. The van der Waals surface area contributed by atoms with Crippen molar-refractivity contribution in [2.24, 2.45) is 13.0 Å². The Hall–Kier alpha value is -3.89. The first kappa shape index (κ1) is 25.2. The molecule has 190 valence electrons. The molecule has 1 aliphatic heterocycles. The van der Waals surface area contributed by atoms with Crippen molar-refractivity contribution in [1.29, 1.82) is 0 Å². The van der Waals surface area contributed by atoms with Gasteiger partial charge in [0.1, 0.15) is 0 Å². The second-order valence-corrected chi connectivity index (χ2v) is 8.99. The molecule has 0 radical (unpaired) electrons. The molecule has 0 spiro atoms. The fraction of sp³-hybridized carbons (Fsp3) is 0.320. The van der Waals surface area contributed by atoms with Crippen molar-refractivity contribution in [1.82, 2.24) is 14.7 Å². The number of rotatable bonds is 6. The fourth-order valence-electron chi connectivity index (χ4n) is 4.44. The minimum atomic E-state index is -5.10. The van der Waals surface area contributed by atoms with E-state index in [9.17, 15) is 27.2 Å². The van der Waals surface area contributed by atoms with Gasteiger partial charge < -0.3 is 15.0 Å². The Morgan fingerprint density at radius 2 is 1.92 bits per heavy atom. The molecule has 2 unspecified atom stereocenters. The van der Waals surface area contributed by atoms with Crippen LogP contribution in [0.25, 0.3) is 0 Å². The standard InChI is InChI=1S/C25H24F4N4O3/c1-14(2)12-33-22(15-11-30-32(3)13-15)21(17-6-4-5-7-18(17)24(33)35)23(34)31-16-8-9-19(26)20(10-16)36-25(27,28)29/h4-11,13-14,21-22H,12H2,1-3H3,(H,31,34). The van der Waals surface area contributed by atoms with Crippen LogP contribution in [0, 0.1) is 11.7 Å². The summed E-state index contributed by atoms with van der Waals surface area (Å²) in [7, 11) is 1.71.